The van der Waals surface area contributed by atoms with Crippen LogP contribution in [0.25, 0.3) is 22.1 Å². The standard InChI is InChI=1S/C25H26O5/c1-5-25(4,16-29-23(26)17(2)3)15-28-20-12-11-19-13-21(18-9-7-6-8-10-18)24(27)30-22(19)14-20/h6-14H,2,5,15-16H2,1,3-4H3. The van der Waals surface area contributed by atoms with Crippen molar-refractivity contribution in [1.29, 1.82) is 0 Å². The maximum atomic E-state index is 12.4. The first-order valence-corrected chi connectivity index (χ1v) is 9.90. The van der Waals surface area contributed by atoms with Gasteiger partial charge in [-0.2, -0.15) is 0 Å². The molecule has 0 aliphatic carbocycles. The molecule has 3 aromatic rings. The molecule has 0 saturated carbocycles. The van der Waals surface area contributed by atoms with Gasteiger partial charge in [0.25, 0.3) is 0 Å². The Hall–Kier alpha value is -3.34. The van der Waals surface area contributed by atoms with E-state index in [9.17, 15) is 9.59 Å². The summed E-state index contributed by atoms with van der Waals surface area (Å²) in [6.45, 7) is 9.81. The fraction of sp³-hybridized carbons (Fsp3) is 0.280. The van der Waals surface area contributed by atoms with E-state index in [0.717, 1.165) is 17.4 Å². The summed E-state index contributed by atoms with van der Waals surface area (Å²) in [7, 11) is 0. The van der Waals surface area contributed by atoms with Crippen LogP contribution in [-0.4, -0.2) is 19.2 Å². The van der Waals surface area contributed by atoms with E-state index in [1.165, 1.54) is 0 Å². The van der Waals surface area contributed by atoms with Crippen molar-refractivity contribution >= 4 is 16.9 Å². The lowest BCUT2D eigenvalue weighted by Crippen LogP contribution is -2.31. The number of fused-ring (bicyclic) bond motifs is 1. The molecule has 0 radical (unpaired) electrons. The average molecular weight is 406 g/mol. The van der Waals surface area contributed by atoms with Gasteiger partial charge in [0.1, 0.15) is 17.9 Å². The van der Waals surface area contributed by atoms with Crippen molar-refractivity contribution in [2.45, 2.75) is 27.2 Å². The zero-order valence-corrected chi connectivity index (χ0v) is 17.6. The van der Waals surface area contributed by atoms with Crippen LogP contribution in [0.3, 0.4) is 0 Å². The Morgan fingerprint density at radius 2 is 1.83 bits per heavy atom. The molecule has 0 fully saturated rings. The highest BCUT2D eigenvalue weighted by Crippen LogP contribution is 2.27. The van der Waals surface area contributed by atoms with Crippen LogP contribution in [0.15, 0.2) is 76.0 Å². The summed E-state index contributed by atoms with van der Waals surface area (Å²) in [5.41, 5.74) is 1.43. The molecule has 0 spiro atoms. The number of hydrogen-bond acceptors (Lipinski definition) is 5. The lowest BCUT2D eigenvalue weighted by atomic mass is 9.90. The largest absolute Gasteiger partial charge is 0.493 e. The SMILES string of the molecule is C=C(C)C(=O)OCC(C)(CC)COc1ccc2cc(-c3ccccc3)c(=O)oc2c1. The lowest BCUT2D eigenvalue weighted by Gasteiger charge is -2.27. The topological polar surface area (TPSA) is 65.7 Å². The van der Waals surface area contributed by atoms with Gasteiger partial charge in [0, 0.05) is 22.4 Å². The summed E-state index contributed by atoms with van der Waals surface area (Å²) >= 11 is 0. The molecule has 0 N–H and O–H groups in total. The molecule has 0 aliphatic rings. The molecule has 1 aromatic heterocycles. The predicted octanol–water partition coefficient (Wildman–Crippen LogP) is 5.37. The fourth-order valence-electron chi connectivity index (χ4n) is 2.87. The molecule has 5 nitrogen and oxygen atoms in total. The van der Waals surface area contributed by atoms with E-state index in [1.54, 1.807) is 13.0 Å². The smallest absolute Gasteiger partial charge is 0.344 e. The van der Waals surface area contributed by atoms with Crippen molar-refractivity contribution in [2.24, 2.45) is 5.41 Å². The number of esters is 1. The Labute approximate surface area is 175 Å². The van der Waals surface area contributed by atoms with Crippen LogP contribution in [0.1, 0.15) is 27.2 Å². The summed E-state index contributed by atoms with van der Waals surface area (Å²) in [6, 6.07) is 16.7. The van der Waals surface area contributed by atoms with Crippen LogP contribution in [-0.2, 0) is 9.53 Å². The van der Waals surface area contributed by atoms with Crippen LogP contribution < -0.4 is 10.4 Å². The fourth-order valence-corrected chi connectivity index (χ4v) is 2.87. The molecule has 3 rings (SSSR count). The van der Waals surface area contributed by atoms with Gasteiger partial charge in [0.05, 0.1) is 12.2 Å². The van der Waals surface area contributed by atoms with Crippen molar-refractivity contribution in [3.63, 3.8) is 0 Å². The summed E-state index contributed by atoms with van der Waals surface area (Å²) in [6.07, 6.45) is 0.763. The molecule has 1 heterocycles. The summed E-state index contributed by atoms with van der Waals surface area (Å²) in [5, 5.41) is 0.814. The number of rotatable bonds is 8. The third kappa shape index (κ3) is 4.98. The number of hydrogen-bond donors (Lipinski definition) is 0. The van der Waals surface area contributed by atoms with E-state index in [2.05, 4.69) is 6.58 Å². The van der Waals surface area contributed by atoms with Gasteiger partial charge >= 0.3 is 11.6 Å². The predicted molar refractivity (Wildman–Crippen MR) is 118 cm³/mol. The van der Waals surface area contributed by atoms with Gasteiger partial charge in [-0.25, -0.2) is 9.59 Å². The first-order valence-electron chi connectivity index (χ1n) is 9.90. The number of carbonyl (C=O) groups excluding carboxylic acids is 1. The molecule has 0 saturated heterocycles. The van der Waals surface area contributed by atoms with Crippen molar-refractivity contribution < 1.29 is 18.7 Å². The van der Waals surface area contributed by atoms with Gasteiger partial charge in [-0.1, -0.05) is 50.8 Å². The number of benzene rings is 2. The van der Waals surface area contributed by atoms with Gasteiger partial charge in [-0.05, 0) is 37.1 Å². The van der Waals surface area contributed by atoms with Crippen LogP contribution >= 0.6 is 0 Å². The molecular weight excluding hydrogens is 380 g/mol. The normalized spacial score (nSPS) is 12.9. The molecule has 30 heavy (non-hydrogen) atoms. The third-order valence-electron chi connectivity index (χ3n) is 5.13. The summed E-state index contributed by atoms with van der Waals surface area (Å²) < 4.78 is 16.8. The van der Waals surface area contributed by atoms with E-state index in [-0.39, 0.29) is 12.0 Å². The Kier molecular flexibility index (Phi) is 6.40. The molecule has 0 amide bonds. The van der Waals surface area contributed by atoms with Gasteiger partial charge in [0.15, 0.2) is 0 Å². The second-order valence-electron chi connectivity index (χ2n) is 7.82. The average Bonchev–Trinajstić information content (AvgIpc) is 2.76. The van der Waals surface area contributed by atoms with Crippen LogP contribution in [0.4, 0.5) is 0 Å². The highest BCUT2D eigenvalue weighted by atomic mass is 16.5. The van der Waals surface area contributed by atoms with E-state index in [0.29, 0.717) is 29.1 Å². The minimum atomic E-state index is -0.406. The molecule has 5 heteroatoms. The Morgan fingerprint density at radius 3 is 2.50 bits per heavy atom. The van der Waals surface area contributed by atoms with E-state index in [4.69, 9.17) is 13.9 Å². The van der Waals surface area contributed by atoms with Gasteiger partial charge in [-0.3, -0.25) is 0 Å². The zero-order valence-electron chi connectivity index (χ0n) is 17.6. The molecule has 1 unspecified atom stereocenters. The van der Waals surface area contributed by atoms with Crippen LogP contribution in [0.2, 0.25) is 0 Å². The zero-order chi connectivity index (χ0) is 21.7. The maximum Gasteiger partial charge on any atom is 0.344 e. The van der Waals surface area contributed by atoms with Crippen molar-refractivity contribution in [3.8, 4) is 16.9 Å². The monoisotopic (exact) mass is 406 g/mol. The lowest BCUT2D eigenvalue weighted by molar-refractivity contribution is -0.143. The molecule has 1 atom stereocenters. The van der Waals surface area contributed by atoms with Crippen molar-refractivity contribution in [2.75, 3.05) is 13.2 Å². The first-order chi connectivity index (χ1) is 14.3. The summed E-state index contributed by atoms with van der Waals surface area (Å²) in [5.74, 6) is 0.181. The number of ether oxygens (including phenoxy) is 2. The molecule has 156 valence electrons. The maximum absolute atomic E-state index is 12.4. The van der Waals surface area contributed by atoms with E-state index >= 15 is 0 Å². The Bertz CT molecular complexity index is 1110. The van der Waals surface area contributed by atoms with Crippen LogP contribution in [0.5, 0.6) is 5.75 Å². The quantitative estimate of drug-likeness (QED) is 0.286. The van der Waals surface area contributed by atoms with Crippen LogP contribution in [0, 0.1) is 5.41 Å². The van der Waals surface area contributed by atoms with Crippen molar-refractivity contribution in [3.05, 3.63) is 77.2 Å². The Balaban J connectivity index is 1.76. The van der Waals surface area contributed by atoms with E-state index < -0.39 is 11.6 Å². The summed E-state index contributed by atoms with van der Waals surface area (Å²) in [4.78, 5) is 24.1. The molecular formula is C25H26O5. The minimum Gasteiger partial charge on any atom is -0.493 e. The van der Waals surface area contributed by atoms with E-state index in [1.807, 2.05) is 62.4 Å². The minimum absolute atomic E-state index is 0.234. The highest BCUT2D eigenvalue weighted by molar-refractivity contribution is 5.87. The second kappa shape index (κ2) is 8.99. The third-order valence-corrected chi connectivity index (χ3v) is 5.13. The highest BCUT2D eigenvalue weighted by Gasteiger charge is 2.26. The first kappa shape index (κ1) is 21.4. The molecule has 0 bridgehead atoms. The van der Waals surface area contributed by atoms with Crippen molar-refractivity contribution in [1.82, 2.24) is 0 Å². The Morgan fingerprint density at radius 1 is 1.10 bits per heavy atom. The van der Waals surface area contributed by atoms with Gasteiger partial charge in [-0.15, -0.1) is 0 Å². The van der Waals surface area contributed by atoms with Gasteiger partial charge in [0.2, 0.25) is 0 Å². The molecule has 2 aromatic carbocycles. The second-order valence-corrected chi connectivity index (χ2v) is 7.82. The number of carbonyl (C=O) groups is 1. The molecule has 0 aliphatic heterocycles. The van der Waals surface area contributed by atoms with Gasteiger partial charge < -0.3 is 13.9 Å².